The quantitative estimate of drug-likeness (QED) is 0.771. The first-order valence-electron chi connectivity index (χ1n) is 4.94. The Labute approximate surface area is 97.2 Å². The Bertz CT molecular complexity index is 455. The minimum atomic E-state index is -0.283. The van der Waals surface area contributed by atoms with E-state index >= 15 is 0 Å². The average Bonchev–Trinajstić information content (AvgIpc) is 2.76. The second-order valence-corrected chi connectivity index (χ2v) is 3.69. The van der Waals surface area contributed by atoms with Crippen molar-refractivity contribution in [2.75, 3.05) is 5.88 Å². The zero-order valence-corrected chi connectivity index (χ0v) is 9.25. The van der Waals surface area contributed by atoms with Gasteiger partial charge in [-0.15, -0.1) is 11.6 Å². The number of aryl methyl sites for hydroxylation is 1. The van der Waals surface area contributed by atoms with Crippen LogP contribution >= 0.6 is 11.6 Å². The lowest BCUT2D eigenvalue weighted by atomic mass is 10.2. The van der Waals surface area contributed by atoms with Crippen molar-refractivity contribution in [3.05, 3.63) is 36.0 Å². The molecule has 2 aromatic rings. The molecule has 1 heterocycles. The van der Waals surface area contributed by atoms with E-state index in [-0.39, 0.29) is 5.82 Å². The van der Waals surface area contributed by atoms with Gasteiger partial charge in [-0.05, 0) is 30.7 Å². The summed E-state index contributed by atoms with van der Waals surface area (Å²) in [5.41, 5.74) is 0.738. The second-order valence-electron chi connectivity index (χ2n) is 3.31. The van der Waals surface area contributed by atoms with Crippen LogP contribution in [0.25, 0.3) is 11.4 Å². The number of aromatic nitrogens is 2. The highest BCUT2D eigenvalue weighted by Crippen LogP contribution is 2.16. The number of alkyl halides is 1. The van der Waals surface area contributed by atoms with Gasteiger partial charge in [-0.25, -0.2) is 4.39 Å². The topological polar surface area (TPSA) is 38.9 Å². The van der Waals surface area contributed by atoms with E-state index in [1.54, 1.807) is 12.1 Å². The molecule has 0 N–H and O–H groups in total. The summed E-state index contributed by atoms with van der Waals surface area (Å²) in [5.74, 6) is 1.31. The molecule has 0 aliphatic heterocycles. The van der Waals surface area contributed by atoms with Crippen molar-refractivity contribution < 1.29 is 8.91 Å². The Morgan fingerprint density at radius 3 is 2.69 bits per heavy atom. The van der Waals surface area contributed by atoms with Gasteiger partial charge in [0.15, 0.2) is 0 Å². The van der Waals surface area contributed by atoms with Crippen LogP contribution in [0, 0.1) is 5.82 Å². The predicted molar refractivity (Wildman–Crippen MR) is 58.7 cm³/mol. The fraction of sp³-hybridized carbons (Fsp3) is 0.273. The molecule has 1 aromatic heterocycles. The van der Waals surface area contributed by atoms with Crippen LogP contribution in [0.3, 0.4) is 0 Å². The maximum Gasteiger partial charge on any atom is 0.227 e. The van der Waals surface area contributed by atoms with E-state index < -0.39 is 0 Å². The lowest BCUT2D eigenvalue weighted by Crippen LogP contribution is -1.86. The van der Waals surface area contributed by atoms with Gasteiger partial charge in [-0.2, -0.15) is 4.98 Å². The van der Waals surface area contributed by atoms with Gasteiger partial charge in [0, 0.05) is 17.9 Å². The van der Waals surface area contributed by atoms with E-state index in [0.29, 0.717) is 24.0 Å². The van der Waals surface area contributed by atoms with Crippen LogP contribution in [0.4, 0.5) is 4.39 Å². The van der Waals surface area contributed by atoms with Crippen molar-refractivity contribution in [2.24, 2.45) is 0 Å². The predicted octanol–water partition coefficient (Wildman–Crippen LogP) is 3.05. The molecule has 0 aliphatic rings. The molecule has 0 atom stereocenters. The zero-order chi connectivity index (χ0) is 11.4. The molecule has 1 aromatic carbocycles. The van der Waals surface area contributed by atoms with Crippen LogP contribution < -0.4 is 0 Å². The fourth-order valence-electron chi connectivity index (χ4n) is 1.29. The fourth-order valence-corrected chi connectivity index (χ4v) is 1.42. The molecule has 0 amide bonds. The normalized spacial score (nSPS) is 10.6. The first kappa shape index (κ1) is 11.1. The summed E-state index contributed by atoms with van der Waals surface area (Å²) in [6.45, 7) is 0. The molecule has 5 heteroatoms. The van der Waals surface area contributed by atoms with Crippen molar-refractivity contribution in [2.45, 2.75) is 12.8 Å². The molecule has 0 aliphatic carbocycles. The Morgan fingerprint density at radius 2 is 2.00 bits per heavy atom. The van der Waals surface area contributed by atoms with Gasteiger partial charge in [-0.1, -0.05) is 5.16 Å². The summed E-state index contributed by atoms with van der Waals surface area (Å²) in [6.07, 6.45) is 1.46. The van der Waals surface area contributed by atoms with Crippen LogP contribution in [0.15, 0.2) is 28.8 Å². The highest BCUT2D eigenvalue weighted by molar-refractivity contribution is 6.17. The molecule has 16 heavy (non-hydrogen) atoms. The van der Waals surface area contributed by atoms with Crippen molar-refractivity contribution in [3.63, 3.8) is 0 Å². The standard InChI is InChI=1S/C11H10ClFN2O/c12-7-1-2-10-14-11(15-16-10)8-3-5-9(13)6-4-8/h3-6H,1-2,7H2. The number of nitrogens with zero attached hydrogens (tertiary/aromatic N) is 2. The summed E-state index contributed by atoms with van der Waals surface area (Å²) in [7, 11) is 0. The van der Waals surface area contributed by atoms with Gasteiger partial charge >= 0.3 is 0 Å². The summed E-state index contributed by atoms with van der Waals surface area (Å²) in [5, 5.41) is 3.82. The van der Waals surface area contributed by atoms with Crippen molar-refractivity contribution in [3.8, 4) is 11.4 Å². The third-order valence-corrected chi connectivity index (χ3v) is 2.36. The maximum absolute atomic E-state index is 12.7. The summed E-state index contributed by atoms with van der Waals surface area (Å²) in [4.78, 5) is 4.19. The molecule has 0 fully saturated rings. The van der Waals surface area contributed by atoms with Gasteiger partial charge in [0.2, 0.25) is 11.7 Å². The van der Waals surface area contributed by atoms with Crippen molar-refractivity contribution in [1.82, 2.24) is 10.1 Å². The van der Waals surface area contributed by atoms with Gasteiger partial charge < -0.3 is 4.52 Å². The summed E-state index contributed by atoms with van der Waals surface area (Å²) in [6, 6.07) is 5.96. The molecular weight excluding hydrogens is 231 g/mol. The minimum Gasteiger partial charge on any atom is -0.339 e. The largest absolute Gasteiger partial charge is 0.339 e. The first-order chi connectivity index (χ1) is 7.79. The van der Waals surface area contributed by atoms with Gasteiger partial charge in [-0.3, -0.25) is 0 Å². The van der Waals surface area contributed by atoms with Crippen LogP contribution in [0.2, 0.25) is 0 Å². The van der Waals surface area contributed by atoms with Crippen molar-refractivity contribution >= 4 is 11.6 Å². The lowest BCUT2D eigenvalue weighted by Gasteiger charge is -1.92. The number of benzene rings is 1. The van der Waals surface area contributed by atoms with Crippen molar-refractivity contribution in [1.29, 1.82) is 0 Å². The van der Waals surface area contributed by atoms with Gasteiger partial charge in [0.1, 0.15) is 5.82 Å². The highest BCUT2D eigenvalue weighted by atomic mass is 35.5. The molecule has 2 rings (SSSR count). The Hall–Kier alpha value is -1.42. The first-order valence-corrected chi connectivity index (χ1v) is 5.47. The number of halogens is 2. The maximum atomic E-state index is 12.7. The Morgan fingerprint density at radius 1 is 1.25 bits per heavy atom. The molecule has 3 nitrogen and oxygen atoms in total. The summed E-state index contributed by atoms with van der Waals surface area (Å²) < 4.78 is 17.7. The minimum absolute atomic E-state index is 0.283. The second kappa shape index (κ2) is 5.07. The molecule has 0 bridgehead atoms. The Balaban J connectivity index is 2.15. The van der Waals surface area contributed by atoms with E-state index in [1.165, 1.54) is 12.1 Å². The van der Waals surface area contributed by atoms with E-state index in [9.17, 15) is 4.39 Å². The SMILES string of the molecule is Fc1ccc(-c2noc(CCCCl)n2)cc1. The molecule has 0 radical (unpaired) electrons. The summed E-state index contributed by atoms with van der Waals surface area (Å²) >= 11 is 5.56. The third kappa shape index (κ3) is 2.58. The number of hydrogen-bond acceptors (Lipinski definition) is 3. The average molecular weight is 241 g/mol. The third-order valence-electron chi connectivity index (χ3n) is 2.09. The number of hydrogen-bond donors (Lipinski definition) is 0. The zero-order valence-electron chi connectivity index (χ0n) is 8.49. The van der Waals surface area contributed by atoms with Crippen LogP contribution in [-0.2, 0) is 6.42 Å². The molecule has 84 valence electrons. The van der Waals surface area contributed by atoms with E-state index in [1.807, 2.05) is 0 Å². The highest BCUT2D eigenvalue weighted by Gasteiger charge is 2.07. The monoisotopic (exact) mass is 240 g/mol. The molecule has 0 saturated heterocycles. The molecular formula is C11H10ClFN2O. The molecule has 0 saturated carbocycles. The smallest absolute Gasteiger partial charge is 0.227 e. The van der Waals surface area contributed by atoms with E-state index in [0.717, 1.165) is 12.0 Å². The van der Waals surface area contributed by atoms with Crippen LogP contribution in [0.5, 0.6) is 0 Å². The van der Waals surface area contributed by atoms with Crippen LogP contribution in [0.1, 0.15) is 12.3 Å². The molecule has 0 unspecified atom stereocenters. The number of rotatable bonds is 4. The van der Waals surface area contributed by atoms with Gasteiger partial charge in [0.05, 0.1) is 0 Å². The van der Waals surface area contributed by atoms with Crippen LogP contribution in [-0.4, -0.2) is 16.0 Å². The van der Waals surface area contributed by atoms with E-state index in [4.69, 9.17) is 16.1 Å². The molecule has 0 spiro atoms. The van der Waals surface area contributed by atoms with Gasteiger partial charge in [0.25, 0.3) is 0 Å². The lowest BCUT2D eigenvalue weighted by molar-refractivity contribution is 0.378. The van der Waals surface area contributed by atoms with E-state index in [2.05, 4.69) is 10.1 Å². The Kier molecular flexibility index (Phi) is 3.51.